The molecule has 7 heteroatoms. The van der Waals surface area contributed by atoms with E-state index in [2.05, 4.69) is 16.9 Å². The number of nitrogen functional groups attached to an aromatic ring is 1. The van der Waals surface area contributed by atoms with Crippen molar-refractivity contribution in [1.29, 1.82) is 0 Å². The van der Waals surface area contributed by atoms with Crippen molar-refractivity contribution in [2.75, 3.05) is 20.0 Å². The lowest BCUT2D eigenvalue weighted by molar-refractivity contribution is 0.357. The Morgan fingerprint density at radius 2 is 1.71 bits per heavy atom. The van der Waals surface area contributed by atoms with Gasteiger partial charge in [0.05, 0.1) is 19.9 Å². The second-order valence-corrected chi connectivity index (χ2v) is 4.14. The molecule has 0 aliphatic rings. The van der Waals surface area contributed by atoms with Crippen LogP contribution in [-0.2, 0) is 7.05 Å². The monoisotopic (exact) mass is 293 g/mol. The highest BCUT2D eigenvalue weighted by molar-refractivity contribution is 5.55. The molecule has 2 aromatic rings. The van der Waals surface area contributed by atoms with E-state index in [-0.39, 0.29) is 17.2 Å². The third-order valence-corrected chi connectivity index (χ3v) is 2.74. The van der Waals surface area contributed by atoms with Gasteiger partial charge >= 0.3 is 0 Å². The number of benzene rings is 1. The first-order chi connectivity index (χ1) is 9.97. The summed E-state index contributed by atoms with van der Waals surface area (Å²) in [7, 11) is 4.20. The van der Waals surface area contributed by atoms with Gasteiger partial charge in [-0.25, -0.2) is 8.78 Å². The zero-order valence-corrected chi connectivity index (χ0v) is 11.7. The molecule has 0 radical (unpaired) electrons. The van der Waals surface area contributed by atoms with Crippen LogP contribution in [0.3, 0.4) is 0 Å². The molecule has 21 heavy (non-hydrogen) atoms. The van der Waals surface area contributed by atoms with Crippen LogP contribution < -0.4 is 15.2 Å². The van der Waals surface area contributed by atoms with Gasteiger partial charge < -0.3 is 15.2 Å². The maximum Gasteiger partial charge on any atom is 0.183 e. The van der Waals surface area contributed by atoms with Crippen LogP contribution in [0, 0.1) is 23.5 Å². The summed E-state index contributed by atoms with van der Waals surface area (Å²) in [6.45, 7) is 0. The number of nitrogens with zero attached hydrogens (tertiary/aromatic N) is 2. The predicted molar refractivity (Wildman–Crippen MR) is 73.1 cm³/mol. The van der Waals surface area contributed by atoms with E-state index < -0.39 is 17.2 Å². The summed E-state index contributed by atoms with van der Waals surface area (Å²) in [6, 6.07) is 1.12. The van der Waals surface area contributed by atoms with Crippen molar-refractivity contribution >= 4 is 5.69 Å². The number of methoxy groups -OCH3 is 2. The number of hydrogen-bond acceptors (Lipinski definition) is 4. The summed E-state index contributed by atoms with van der Waals surface area (Å²) in [5.74, 6) is 2.79. The van der Waals surface area contributed by atoms with Crippen molar-refractivity contribution in [1.82, 2.24) is 9.78 Å². The summed E-state index contributed by atoms with van der Waals surface area (Å²) in [5, 5.41) is 3.98. The summed E-state index contributed by atoms with van der Waals surface area (Å²) in [6.07, 6.45) is 1.54. The van der Waals surface area contributed by atoms with Gasteiger partial charge in [-0.1, -0.05) is 5.92 Å². The van der Waals surface area contributed by atoms with Crippen molar-refractivity contribution in [3.8, 4) is 23.3 Å². The van der Waals surface area contributed by atoms with E-state index in [0.29, 0.717) is 5.69 Å². The van der Waals surface area contributed by atoms with E-state index in [1.165, 1.54) is 18.9 Å². The van der Waals surface area contributed by atoms with Crippen LogP contribution in [0.1, 0.15) is 11.3 Å². The lowest BCUT2D eigenvalue weighted by Crippen LogP contribution is -1.99. The number of aryl methyl sites for hydroxylation is 1. The molecule has 0 amide bonds. The van der Waals surface area contributed by atoms with Crippen LogP contribution in [0.4, 0.5) is 14.5 Å². The highest BCUT2D eigenvalue weighted by atomic mass is 19.1. The van der Waals surface area contributed by atoms with E-state index in [4.69, 9.17) is 15.2 Å². The SMILES string of the molecule is COc1cc(OC)c(F)c(C#Cc2nn(C)cc2N)c1F. The van der Waals surface area contributed by atoms with Crippen LogP contribution in [0.25, 0.3) is 0 Å². The van der Waals surface area contributed by atoms with Crippen molar-refractivity contribution < 1.29 is 18.3 Å². The molecular formula is C14H13F2N3O2. The molecule has 0 bridgehead atoms. The number of hydrogen-bond donors (Lipinski definition) is 1. The van der Waals surface area contributed by atoms with Gasteiger partial charge in [0.2, 0.25) is 0 Å². The zero-order valence-electron chi connectivity index (χ0n) is 11.7. The Bertz CT molecular complexity index is 717. The molecule has 0 spiro atoms. The van der Waals surface area contributed by atoms with Crippen LogP contribution in [0.2, 0.25) is 0 Å². The summed E-state index contributed by atoms with van der Waals surface area (Å²) in [4.78, 5) is 0. The van der Waals surface area contributed by atoms with Gasteiger partial charge in [-0.2, -0.15) is 5.10 Å². The Kier molecular flexibility index (Phi) is 3.98. The topological polar surface area (TPSA) is 62.3 Å². The lowest BCUT2D eigenvalue weighted by Gasteiger charge is -2.08. The lowest BCUT2D eigenvalue weighted by atomic mass is 10.1. The molecule has 2 rings (SSSR count). The molecule has 0 saturated heterocycles. The largest absolute Gasteiger partial charge is 0.493 e. The Morgan fingerprint density at radius 3 is 2.14 bits per heavy atom. The minimum absolute atomic E-state index is 0.161. The van der Waals surface area contributed by atoms with E-state index in [1.54, 1.807) is 13.2 Å². The minimum Gasteiger partial charge on any atom is -0.493 e. The van der Waals surface area contributed by atoms with Gasteiger partial charge in [0, 0.05) is 19.3 Å². The quantitative estimate of drug-likeness (QED) is 0.856. The number of nitrogens with two attached hydrogens (primary N) is 1. The molecule has 110 valence electrons. The van der Waals surface area contributed by atoms with E-state index >= 15 is 0 Å². The average molecular weight is 293 g/mol. The molecule has 2 N–H and O–H groups in total. The van der Waals surface area contributed by atoms with Gasteiger partial charge in [0.1, 0.15) is 5.56 Å². The smallest absolute Gasteiger partial charge is 0.183 e. The second kappa shape index (κ2) is 5.71. The van der Waals surface area contributed by atoms with E-state index in [0.717, 1.165) is 6.07 Å². The zero-order chi connectivity index (χ0) is 15.6. The standard InChI is InChI=1S/C14H13F2N3O2/c1-19-7-9(17)10(18-19)5-4-8-13(15)11(20-2)6-12(21-3)14(8)16/h6-7H,17H2,1-3H3. The van der Waals surface area contributed by atoms with Gasteiger partial charge in [-0.15, -0.1) is 0 Å². The number of rotatable bonds is 2. The molecule has 0 fully saturated rings. The molecule has 0 saturated carbocycles. The predicted octanol–water partition coefficient (Wildman–Crippen LogP) is 1.70. The van der Waals surface area contributed by atoms with Gasteiger partial charge in [-0.05, 0) is 5.92 Å². The Balaban J connectivity index is 2.57. The molecule has 1 aromatic heterocycles. The average Bonchev–Trinajstić information content (AvgIpc) is 2.77. The van der Waals surface area contributed by atoms with Crippen molar-refractivity contribution in [3.05, 3.63) is 35.2 Å². The normalized spacial score (nSPS) is 9.95. The third-order valence-electron chi connectivity index (χ3n) is 2.74. The fraction of sp³-hybridized carbons (Fsp3) is 0.214. The summed E-state index contributed by atoms with van der Waals surface area (Å²) >= 11 is 0. The molecule has 5 nitrogen and oxygen atoms in total. The van der Waals surface area contributed by atoms with Gasteiger partial charge in [-0.3, -0.25) is 4.68 Å². The van der Waals surface area contributed by atoms with Crippen molar-refractivity contribution in [2.45, 2.75) is 0 Å². The Hall–Kier alpha value is -2.75. The molecular weight excluding hydrogens is 280 g/mol. The van der Waals surface area contributed by atoms with E-state index in [1.807, 2.05) is 0 Å². The Labute approximate surface area is 120 Å². The first-order valence-electron chi connectivity index (χ1n) is 5.89. The number of aromatic nitrogens is 2. The molecule has 0 unspecified atom stereocenters. The third kappa shape index (κ3) is 2.74. The highest BCUT2D eigenvalue weighted by Crippen LogP contribution is 2.30. The maximum atomic E-state index is 14.1. The summed E-state index contributed by atoms with van der Waals surface area (Å²) in [5.41, 5.74) is 5.76. The van der Waals surface area contributed by atoms with Crippen LogP contribution in [-0.4, -0.2) is 24.0 Å². The van der Waals surface area contributed by atoms with Gasteiger partial charge in [0.15, 0.2) is 28.8 Å². The fourth-order valence-corrected chi connectivity index (χ4v) is 1.72. The summed E-state index contributed by atoms with van der Waals surface area (Å²) < 4.78 is 39.3. The highest BCUT2D eigenvalue weighted by Gasteiger charge is 2.18. The second-order valence-electron chi connectivity index (χ2n) is 4.14. The molecule has 0 aliphatic heterocycles. The van der Waals surface area contributed by atoms with Crippen LogP contribution >= 0.6 is 0 Å². The van der Waals surface area contributed by atoms with Crippen molar-refractivity contribution in [2.24, 2.45) is 7.05 Å². The number of anilines is 1. The van der Waals surface area contributed by atoms with Gasteiger partial charge in [0.25, 0.3) is 0 Å². The van der Waals surface area contributed by atoms with Crippen molar-refractivity contribution in [3.63, 3.8) is 0 Å². The van der Waals surface area contributed by atoms with Crippen LogP contribution in [0.15, 0.2) is 12.3 Å². The first kappa shape index (κ1) is 14.7. The number of ether oxygens (including phenoxy) is 2. The fourth-order valence-electron chi connectivity index (χ4n) is 1.72. The molecule has 0 aliphatic carbocycles. The van der Waals surface area contributed by atoms with Crippen LogP contribution in [0.5, 0.6) is 11.5 Å². The van der Waals surface area contributed by atoms with E-state index in [9.17, 15) is 8.78 Å². The molecule has 1 aromatic carbocycles. The molecule has 0 atom stereocenters. The minimum atomic E-state index is -0.905. The maximum absolute atomic E-state index is 14.1. The Morgan fingerprint density at radius 1 is 1.14 bits per heavy atom. The number of halogens is 2. The molecule has 1 heterocycles. The first-order valence-corrected chi connectivity index (χ1v) is 5.89.